The van der Waals surface area contributed by atoms with Crippen LogP contribution >= 0.6 is 23.2 Å². The summed E-state index contributed by atoms with van der Waals surface area (Å²) in [6, 6.07) is 21.6. The Labute approximate surface area is 208 Å². The molecule has 0 saturated carbocycles. The number of pyridine rings is 1. The maximum absolute atomic E-state index is 13.9. The second-order valence-electron chi connectivity index (χ2n) is 9.10. The van der Waals surface area contributed by atoms with Gasteiger partial charge in [0.25, 0.3) is 11.5 Å². The number of aromatic nitrogens is 1. The summed E-state index contributed by atoms with van der Waals surface area (Å²) in [6.07, 6.45) is 0. The second kappa shape index (κ2) is 9.53. The molecule has 0 atom stereocenters. The fraction of sp³-hybridized carbons (Fsp3) is 0.185. The summed E-state index contributed by atoms with van der Waals surface area (Å²) in [5.41, 5.74) is 1.32. The molecule has 5 nitrogen and oxygen atoms in total. The number of hydrogen-bond acceptors (Lipinski definition) is 3. The van der Waals surface area contributed by atoms with Crippen molar-refractivity contribution in [2.24, 2.45) is 0 Å². The molecule has 0 bridgehead atoms. The van der Waals surface area contributed by atoms with Crippen molar-refractivity contribution < 1.29 is 4.79 Å². The van der Waals surface area contributed by atoms with E-state index in [9.17, 15) is 9.59 Å². The molecule has 0 aliphatic rings. The van der Waals surface area contributed by atoms with E-state index in [4.69, 9.17) is 23.2 Å². The monoisotopic (exact) mass is 493 g/mol. The molecule has 1 amide bonds. The Bertz CT molecular complexity index is 1410. The van der Waals surface area contributed by atoms with Gasteiger partial charge in [0.05, 0.1) is 22.3 Å². The molecule has 2 N–H and O–H groups in total. The van der Waals surface area contributed by atoms with E-state index < -0.39 is 0 Å². The normalized spacial score (nSPS) is 11.4. The summed E-state index contributed by atoms with van der Waals surface area (Å²) in [5.74, 6) is 0.265. The highest BCUT2D eigenvalue weighted by Gasteiger charge is 2.26. The van der Waals surface area contributed by atoms with Crippen molar-refractivity contribution in [1.82, 2.24) is 4.98 Å². The standard InChI is InChI=1S/C27H25Cl2N3O2/c1-27(2,3)31-24-23(19-11-7-8-12-20(19)25(33)30-24)32(26(34)18-9-5-4-6-10-18)16-17-13-14-21(28)22(29)15-17/h4-15H,16H2,1-3H3,(H2,30,31,33). The lowest BCUT2D eigenvalue weighted by molar-refractivity contribution is 0.0985. The number of aromatic amines is 1. The first kappa shape index (κ1) is 23.9. The minimum absolute atomic E-state index is 0.208. The molecule has 1 heterocycles. The van der Waals surface area contributed by atoms with E-state index in [1.54, 1.807) is 41.3 Å². The summed E-state index contributed by atoms with van der Waals surface area (Å²) in [7, 11) is 0. The Balaban J connectivity index is 1.98. The highest BCUT2D eigenvalue weighted by Crippen LogP contribution is 2.35. The van der Waals surface area contributed by atoms with Crippen LogP contribution in [0.4, 0.5) is 11.5 Å². The molecule has 0 saturated heterocycles. The molecule has 174 valence electrons. The van der Waals surface area contributed by atoms with Crippen LogP contribution in [0.1, 0.15) is 36.7 Å². The van der Waals surface area contributed by atoms with Gasteiger partial charge in [-0.2, -0.15) is 0 Å². The van der Waals surface area contributed by atoms with Crippen molar-refractivity contribution in [3.05, 3.63) is 104 Å². The van der Waals surface area contributed by atoms with Crippen LogP contribution in [0.5, 0.6) is 0 Å². The van der Waals surface area contributed by atoms with E-state index in [1.165, 1.54) is 0 Å². The minimum Gasteiger partial charge on any atom is -0.365 e. The number of rotatable bonds is 5. The maximum atomic E-state index is 13.9. The van der Waals surface area contributed by atoms with Gasteiger partial charge >= 0.3 is 0 Å². The van der Waals surface area contributed by atoms with E-state index in [0.717, 1.165) is 5.56 Å². The van der Waals surface area contributed by atoms with Gasteiger partial charge in [-0.15, -0.1) is 0 Å². The lowest BCUT2D eigenvalue weighted by Gasteiger charge is -2.30. The first-order valence-electron chi connectivity index (χ1n) is 10.9. The summed E-state index contributed by atoms with van der Waals surface area (Å²) in [6.45, 7) is 6.20. The molecule has 34 heavy (non-hydrogen) atoms. The fourth-order valence-electron chi connectivity index (χ4n) is 3.82. The number of benzene rings is 3. The van der Waals surface area contributed by atoms with Gasteiger partial charge in [-0.25, -0.2) is 0 Å². The Morgan fingerprint density at radius 2 is 1.56 bits per heavy atom. The molecule has 7 heteroatoms. The SMILES string of the molecule is CC(C)(C)Nc1[nH]c(=O)c2ccccc2c1N(Cc1ccc(Cl)c(Cl)c1)C(=O)c1ccccc1. The van der Waals surface area contributed by atoms with E-state index in [1.807, 2.05) is 57.2 Å². The van der Waals surface area contributed by atoms with Crippen molar-refractivity contribution in [2.45, 2.75) is 32.9 Å². The molecule has 0 aliphatic carbocycles. The van der Waals surface area contributed by atoms with Crippen LogP contribution in [0.15, 0.2) is 77.6 Å². The minimum atomic E-state index is -0.370. The van der Waals surface area contributed by atoms with Gasteiger partial charge in [0.15, 0.2) is 0 Å². The highest BCUT2D eigenvalue weighted by atomic mass is 35.5. The number of amides is 1. The van der Waals surface area contributed by atoms with Crippen LogP contribution in [-0.4, -0.2) is 16.4 Å². The van der Waals surface area contributed by atoms with Crippen LogP contribution < -0.4 is 15.8 Å². The Kier molecular flexibility index (Phi) is 6.69. The predicted molar refractivity (Wildman–Crippen MR) is 141 cm³/mol. The summed E-state index contributed by atoms with van der Waals surface area (Å²) in [5, 5.41) is 5.39. The lowest BCUT2D eigenvalue weighted by atomic mass is 10.1. The van der Waals surface area contributed by atoms with Crippen molar-refractivity contribution in [2.75, 3.05) is 10.2 Å². The number of carbonyl (C=O) groups excluding carboxylic acids is 1. The Morgan fingerprint density at radius 1 is 0.912 bits per heavy atom. The van der Waals surface area contributed by atoms with Crippen LogP contribution in [0, 0.1) is 0 Å². The average Bonchev–Trinajstić information content (AvgIpc) is 2.80. The van der Waals surface area contributed by atoms with Crippen molar-refractivity contribution in [3.63, 3.8) is 0 Å². The van der Waals surface area contributed by atoms with Gasteiger partial charge in [-0.3, -0.25) is 14.5 Å². The first-order valence-corrected chi connectivity index (χ1v) is 11.6. The van der Waals surface area contributed by atoms with Gasteiger partial charge in [0, 0.05) is 21.9 Å². The molecule has 0 spiro atoms. The summed E-state index contributed by atoms with van der Waals surface area (Å²) >= 11 is 12.4. The van der Waals surface area contributed by atoms with Gasteiger partial charge in [0.1, 0.15) is 5.82 Å². The smallest absolute Gasteiger partial charge is 0.258 e. The van der Waals surface area contributed by atoms with Gasteiger partial charge in [-0.05, 0) is 56.7 Å². The third kappa shape index (κ3) is 5.11. The average molecular weight is 494 g/mol. The first-order chi connectivity index (χ1) is 16.1. The second-order valence-corrected chi connectivity index (χ2v) is 9.92. The van der Waals surface area contributed by atoms with E-state index >= 15 is 0 Å². The third-order valence-electron chi connectivity index (χ3n) is 5.26. The molecular formula is C27H25Cl2N3O2. The number of carbonyl (C=O) groups is 1. The number of halogens is 2. The largest absolute Gasteiger partial charge is 0.365 e. The number of H-pyrrole nitrogens is 1. The molecule has 0 unspecified atom stereocenters. The number of nitrogens with zero attached hydrogens (tertiary/aromatic N) is 1. The molecular weight excluding hydrogens is 469 g/mol. The molecule has 0 radical (unpaired) electrons. The lowest BCUT2D eigenvalue weighted by Crippen LogP contribution is -2.35. The Hall–Kier alpha value is -3.28. The molecule has 0 aliphatic heterocycles. The van der Waals surface area contributed by atoms with E-state index in [2.05, 4.69) is 10.3 Å². The van der Waals surface area contributed by atoms with E-state index in [-0.39, 0.29) is 23.6 Å². The van der Waals surface area contributed by atoms with Crippen LogP contribution in [0.25, 0.3) is 10.8 Å². The quantitative estimate of drug-likeness (QED) is 0.318. The number of hydrogen-bond donors (Lipinski definition) is 2. The number of anilines is 2. The molecule has 4 rings (SSSR count). The van der Waals surface area contributed by atoms with Gasteiger partial charge in [0.2, 0.25) is 0 Å². The number of fused-ring (bicyclic) bond motifs is 1. The topological polar surface area (TPSA) is 65.2 Å². The summed E-state index contributed by atoms with van der Waals surface area (Å²) < 4.78 is 0. The Morgan fingerprint density at radius 3 is 2.21 bits per heavy atom. The van der Waals surface area contributed by atoms with Gasteiger partial charge < -0.3 is 10.3 Å². The van der Waals surface area contributed by atoms with Crippen molar-refractivity contribution in [1.29, 1.82) is 0 Å². The molecule has 0 fully saturated rings. The maximum Gasteiger partial charge on any atom is 0.258 e. The molecule has 1 aromatic heterocycles. The predicted octanol–water partition coefficient (Wildman–Crippen LogP) is 6.89. The summed E-state index contributed by atoms with van der Waals surface area (Å²) in [4.78, 5) is 31.4. The molecule has 4 aromatic rings. The zero-order valence-corrected chi connectivity index (χ0v) is 20.7. The number of nitrogens with one attached hydrogen (secondary N) is 2. The highest BCUT2D eigenvalue weighted by molar-refractivity contribution is 6.42. The van der Waals surface area contributed by atoms with Crippen LogP contribution in [-0.2, 0) is 6.54 Å². The van der Waals surface area contributed by atoms with Crippen molar-refractivity contribution in [3.8, 4) is 0 Å². The zero-order chi connectivity index (χ0) is 24.5. The third-order valence-corrected chi connectivity index (χ3v) is 6.00. The van der Waals surface area contributed by atoms with E-state index in [0.29, 0.717) is 37.9 Å². The van der Waals surface area contributed by atoms with Crippen LogP contribution in [0.3, 0.4) is 0 Å². The fourth-order valence-corrected chi connectivity index (χ4v) is 4.14. The van der Waals surface area contributed by atoms with Gasteiger partial charge in [-0.1, -0.05) is 65.7 Å². The van der Waals surface area contributed by atoms with Crippen molar-refractivity contribution >= 4 is 51.4 Å². The van der Waals surface area contributed by atoms with Crippen LogP contribution in [0.2, 0.25) is 10.0 Å². The molecule has 3 aromatic carbocycles. The zero-order valence-electron chi connectivity index (χ0n) is 19.2.